The number of ether oxygens (including phenoxy) is 2. The lowest BCUT2D eigenvalue weighted by molar-refractivity contribution is 0.407. The van der Waals surface area contributed by atoms with E-state index in [1.807, 2.05) is 18.2 Å². The molecule has 2 rings (SSSR count). The number of nitrogens with zero attached hydrogens (tertiary/aromatic N) is 2. The molecule has 5 heteroatoms. The summed E-state index contributed by atoms with van der Waals surface area (Å²) in [5.74, 6) is 1.71. The molecule has 0 radical (unpaired) electrons. The smallest absolute Gasteiger partial charge is 0.246 e. The Kier molecular flexibility index (Phi) is 4.02. The van der Waals surface area contributed by atoms with Gasteiger partial charge in [0.25, 0.3) is 0 Å². The van der Waals surface area contributed by atoms with Crippen molar-refractivity contribution >= 4 is 23.1 Å². The molecule has 0 N–H and O–H groups in total. The van der Waals surface area contributed by atoms with Crippen LogP contribution in [0.25, 0.3) is 0 Å². The molecule has 90 valence electrons. The molecule has 4 nitrogen and oxygen atoms in total. The van der Waals surface area contributed by atoms with Gasteiger partial charge in [-0.1, -0.05) is 6.07 Å². The van der Waals surface area contributed by atoms with Crippen molar-refractivity contribution < 1.29 is 9.47 Å². The zero-order valence-corrected chi connectivity index (χ0v) is 10.5. The van der Waals surface area contributed by atoms with Crippen molar-refractivity contribution in [2.24, 2.45) is 4.99 Å². The second-order valence-electron chi connectivity index (χ2n) is 3.31. The summed E-state index contributed by atoms with van der Waals surface area (Å²) in [4.78, 5) is 8.00. The Hall–Kier alpha value is -2.23. The number of isothiocyanates is 1. The van der Waals surface area contributed by atoms with E-state index in [0.29, 0.717) is 23.1 Å². The molecule has 0 spiro atoms. The Balaban J connectivity index is 2.30. The predicted molar refractivity (Wildman–Crippen MR) is 72.0 cm³/mol. The topological polar surface area (TPSA) is 43.7 Å². The molecule has 1 aromatic heterocycles. The summed E-state index contributed by atoms with van der Waals surface area (Å²) in [5, 5.41) is 2.30. The van der Waals surface area contributed by atoms with E-state index in [1.54, 1.807) is 31.5 Å². The van der Waals surface area contributed by atoms with Crippen LogP contribution in [-0.4, -0.2) is 17.3 Å². The predicted octanol–water partition coefficient (Wildman–Crippen LogP) is 3.62. The van der Waals surface area contributed by atoms with E-state index in [-0.39, 0.29) is 0 Å². The molecule has 1 heterocycles. The number of hydrogen-bond acceptors (Lipinski definition) is 5. The minimum absolute atomic E-state index is 0.378. The number of benzene rings is 1. The van der Waals surface area contributed by atoms with Crippen LogP contribution in [0.1, 0.15) is 0 Å². The fourth-order valence-electron chi connectivity index (χ4n) is 1.37. The molecule has 2 aromatic rings. The highest BCUT2D eigenvalue weighted by atomic mass is 32.1. The highest BCUT2D eigenvalue weighted by Gasteiger charge is 2.05. The number of methoxy groups -OCH3 is 1. The first-order chi connectivity index (χ1) is 8.83. The van der Waals surface area contributed by atoms with Crippen molar-refractivity contribution in [1.29, 1.82) is 0 Å². The number of aliphatic imine (C=N–C) groups is 1. The second kappa shape index (κ2) is 5.91. The van der Waals surface area contributed by atoms with Gasteiger partial charge in [-0.25, -0.2) is 4.98 Å². The van der Waals surface area contributed by atoms with Crippen LogP contribution in [0.15, 0.2) is 47.6 Å². The molecule has 0 saturated carbocycles. The molecule has 0 aliphatic rings. The van der Waals surface area contributed by atoms with Crippen LogP contribution < -0.4 is 9.47 Å². The van der Waals surface area contributed by atoms with Crippen molar-refractivity contribution in [3.8, 4) is 17.4 Å². The molecule has 0 amide bonds. The number of hydrogen-bond donors (Lipinski definition) is 0. The fraction of sp³-hybridized carbons (Fsp3) is 0.0769. The SMILES string of the molecule is COc1cccc(Oc2ncccc2N=C=S)c1. The Morgan fingerprint density at radius 3 is 2.83 bits per heavy atom. The van der Waals surface area contributed by atoms with Crippen molar-refractivity contribution in [3.63, 3.8) is 0 Å². The van der Waals surface area contributed by atoms with Gasteiger partial charge in [-0.3, -0.25) is 0 Å². The second-order valence-corrected chi connectivity index (χ2v) is 3.49. The van der Waals surface area contributed by atoms with Gasteiger partial charge < -0.3 is 9.47 Å². The number of aromatic nitrogens is 1. The van der Waals surface area contributed by atoms with Gasteiger partial charge in [0.15, 0.2) is 0 Å². The minimum Gasteiger partial charge on any atom is -0.497 e. The van der Waals surface area contributed by atoms with Crippen LogP contribution in [0, 0.1) is 0 Å². The molecule has 0 unspecified atom stereocenters. The van der Waals surface area contributed by atoms with Gasteiger partial charge in [0, 0.05) is 12.3 Å². The standard InChI is InChI=1S/C13H10N2O2S/c1-16-10-4-2-5-11(8-10)17-13-12(15-9-18)6-3-7-14-13/h2-8H,1H3. The van der Waals surface area contributed by atoms with Gasteiger partial charge in [0.1, 0.15) is 17.2 Å². The van der Waals surface area contributed by atoms with E-state index in [4.69, 9.17) is 9.47 Å². The number of rotatable bonds is 4. The van der Waals surface area contributed by atoms with Crippen LogP contribution in [0.3, 0.4) is 0 Å². The zero-order valence-electron chi connectivity index (χ0n) is 9.66. The van der Waals surface area contributed by atoms with Crippen LogP contribution in [0.4, 0.5) is 5.69 Å². The van der Waals surface area contributed by atoms with E-state index in [0.717, 1.165) is 0 Å². The van der Waals surface area contributed by atoms with Gasteiger partial charge in [-0.05, 0) is 36.5 Å². The van der Waals surface area contributed by atoms with E-state index >= 15 is 0 Å². The van der Waals surface area contributed by atoms with Gasteiger partial charge in [-0.15, -0.1) is 0 Å². The first-order valence-electron chi connectivity index (χ1n) is 5.18. The molecule has 0 aliphatic heterocycles. The summed E-state index contributed by atoms with van der Waals surface area (Å²) in [6, 6.07) is 10.7. The number of pyridine rings is 1. The Bertz CT molecular complexity index is 595. The third-order valence-corrected chi connectivity index (χ3v) is 2.26. The molecule has 0 fully saturated rings. The van der Waals surface area contributed by atoms with Crippen molar-refractivity contribution in [2.75, 3.05) is 7.11 Å². The molecule has 0 atom stereocenters. The monoisotopic (exact) mass is 258 g/mol. The van der Waals surface area contributed by atoms with Crippen molar-refractivity contribution in [3.05, 3.63) is 42.6 Å². The molecule has 0 bridgehead atoms. The maximum absolute atomic E-state index is 5.63. The molecule has 18 heavy (non-hydrogen) atoms. The quantitative estimate of drug-likeness (QED) is 0.620. The van der Waals surface area contributed by atoms with Crippen molar-refractivity contribution in [2.45, 2.75) is 0 Å². The summed E-state index contributed by atoms with van der Waals surface area (Å²) in [5.41, 5.74) is 0.537. The first-order valence-corrected chi connectivity index (χ1v) is 5.59. The Morgan fingerprint density at radius 1 is 1.22 bits per heavy atom. The largest absolute Gasteiger partial charge is 0.497 e. The lowest BCUT2D eigenvalue weighted by atomic mass is 10.3. The van der Waals surface area contributed by atoms with Crippen LogP contribution >= 0.6 is 12.2 Å². The van der Waals surface area contributed by atoms with Crippen LogP contribution in [0.5, 0.6) is 17.4 Å². The fourth-order valence-corrected chi connectivity index (χ4v) is 1.47. The highest BCUT2D eigenvalue weighted by Crippen LogP contribution is 2.30. The average molecular weight is 258 g/mol. The van der Waals surface area contributed by atoms with Crippen LogP contribution in [-0.2, 0) is 0 Å². The molecule has 1 aromatic carbocycles. The summed E-state index contributed by atoms with van der Waals surface area (Å²) in [7, 11) is 1.60. The van der Waals surface area contributed by atoms with Gasteiger partial charge >= 0.3 is 0 Å². The number of thiocarbonyl (C=S) groups is 1. The lowest BCUT2D eigenvalue weighted by Gasteiger charge is -2.07. The maximum atomic E-state index is 5.63. The van der Waals surface area contributed by atoms with E-state index < -0.39 is 0 Å². The minimum atomic E-state index is 0.378. The maximum Gasteiger partial charge on any atom is 0.246 e. The summed E-state index contributed by atoms with van der Waals surface area (Å²) >= 11 is 4.58. The third kappa shape index (κ3) is 2.91. The third-order valence-electron chi connectivity index (χ3n) is 2.17. The first kappa shape index (κ1) is 12.2. The van der Waals surface area contributed by atoms with Crippen molar-refractivity contribution in [1.82, 2.24) is 4.98 Å². The molecular weight excluding hydrogens is 248 g/mol. The van der Waals surface area contributed by atoms with E-state index in [1.165, 1.54) is 0 Å². The Morgan fingerprint density at radius 2 is 2.06 bits per heavy atom. The molecule has 0 saturated heterocycles. The summed E-state index contributed by atoms with van der Waals surface area (Å²) < 4.78 is 10.8. The zero-order chi connectivity index (χ0) is 12.8. The highest BCUT2D eigenvalue weighted by molar-refractivity contribution is 7.78. The van der Waals surface area contributed by atoms with E-state index in [2.05, 4.69) is 27.4 Å². The Labute approximate surface area is 110 Å². The molecular formula is C13H10N2O2S. The summed E-state index contributed by atoms with van der Waals surface area (Å²) in [6.45, 7) is 0. The van der Waals surface area contributed by atoms with Gasteiger partial charge in [-0.2, -0.15) is 4.99 Å². The average Bonchev–Trinajstić information content (AvgIpc) is 2.41. The van der Waals surface area contributed by atoms with E-state index in [9.17, 15) is 0 Å². The summed E-state index contributed by atoms with van der Waals surface area (Å²) in [6.07, 6.45) is 1.62. The van der Waals surface area contributed by atoms with Crippen LogP contribution in [0.2, 0.25) is 0 Å². The lowest BCUT2D eigenvalue weighted by Crippen LogP contribution is -1.89. The molecule has 0 aliphatic carbocycles. The van der Waals surface area contributed by atoms with Gasteiger partial charge in [0.2, 0.25) is 5.88 Å². The normalized spacial score (nSPS) is 9.39. The van der Waals surface area contributed by atoms with Gasteiger partial charge in [0.05, 0.1) is 12.3 Å².